The zero-order chi connectivity index (χ0) is 19.0. The first kappa shape index (κ1) is 18.4. The Morgan fingerprint density at radius 3 is 2.52 bits per heavy atom. The zero-order valence-electron chi connectivity index (χ0n) is 14.8. The van der Waals surface area contributed by atoms with Gasteiger partial charge in [0, 0.05) is 18.2 Å². The van der Waals surface area contributed by atoms with E-state index in [9.17, 15) is 8.42 Å². The van der Waals surface area contributed by atoms with Crippen molar-refractivity contribution in [3.8, 4) is 0 Å². The van der Waals surface area contributed by atoms with Gasteiger partial charge in [-0.2, -0.15) is 5.10 Å². The average molecular weight is 494 g/mol. The van der Waals surface area contributed by atoms with Gasteiger partial charge in [-0.3, -0.25) is 4.68 Å². The molecule has 0 saturated carbocycles. The summed E-state index contributed by atoms with van der Waals surface area (Å²) < 4.78 is 28.1. The second-order valence-corrected chi connectivity index (χ2v) is 9.90. The summed E-state index contributed by atoms with van der Waals surface area (Å²) in [6.07, 6.45) is 1.83. The van der Waals surface area contributed by atoms with Gasteiger partial charge in [-0.05, 0) is 47.2 Å². The van der Waals surface area contributed by atoms with Crippen LogP contribution in [-0.2, 0) is 22.9 Å². The molecule has 4 rings (SSSR count). The molecule has 2 aromatic heterocycles. The summed E-state index contributed by atoms with van der Waals surface area (Å²) >= 11 is 2.25. The molecule has 8 heteroatoms. The molecule has 0 aliphatic carbocycles. The van der Waals surface area contributed by atoms with Gasteiger partial charge in [0.2, 0.25) is 0 Å². The number of rotatable bonds is 6. The van der Waals surface area contributed by atoms with Crippen LogP contribution in [0.1, 0.15) is 12.2 Å². The van der Waals surface area contributed by atoms with Gasteiger partial charge in [0.05, 0.1) is 28.8 Å². The van der Waals surface area contributed by atoms with E-state index in [4.69, 9.17) is 4.98 Å². The molecule has 2 heterocycles. The van der Waals surface area contributed by atoms with Crippen LogP contribution in [0.4, 0.5) is 0 Å². The molecule has 0 N–H and O–H groups in total. The molecule has 140 valence electrons. The highest BCUT2D eigenvalue weighted by atomic mass is 127. The molecule has 4 aromatic rings. The van der Waals surface area contributed by atoms with E-state index in [1.807, 2.05) is 41.1 Å². The van der Waals surface area contributed by atoms with Crippen molar-refractivity contribution in [2.75, 3.05) is 12.0 Å². The number of aromatic nitrogens is 4. The van der Waals surface area contributed by atoms with E-state index in [2.05, 4.69) is 44.4 Å². The minimum absolute atomic E-state index is 0.168. The number of para-hydroxylation sites is 3. The van der Waals surface area contributed by atoms with Crippen molar-refractivity contribution in [3.63, 3.8) is 0 Å². The third kappa shape index (κ3) is 3.86. The Hall–Kier alpha value is -1.94. The Morgan fingerprint density at radius 2 is 1.74 bits per heavy atom. The van der Waals surface area contributed by atoms with Crippen molar-refractivity contribution in [2.24, 2.45) is 0 Å². The van der Waals surface area contributed by atoms with Crippen molar-refractivity contribution < 1.29 is 8.42 Å². The fraction of sp³-hybridized carbons (Fsp3) is 0.263. The summed E-state index contributed by atoms with van der Waals surface area (Å²) in [5.74, 6) is 1.05. The van der Waals surface area contributed by atoms with Crippen molar-refractivity contribution >= 4 is 54.4 Å². The topological polar surface area (TPSA) is 69.8 Å². The molecule has 2 aromatic carbocycles. The maximum atomic E-state index is 11.5. The van der Waals surface area contributed by atoms with E-state index >= 15 is 0 Å². The third-order valence-electron chi connectivity index (χ3n) is 4.53. The third-order valence-corrected chi connectivity index (χ3v) is 6.36. The number of sulfone groups is 1. The predicted octanol–water partition coefficient (Wildman–Crippen LogP) is 3.47. The summed E-state index contributed by atoms with van der Waals surface area (Å²) in [6.45, 7) is 1.15. The van der Waals surface area contributed by atoms with Gasteiger partial charge in [-0.1, -0.05) is 30.3 Å². The van der Waals surface area contributed by atoms with Gasteiger partial charge in [0.1, 0.15) is 19.4 Å². The summed E-state index contributed by atoms with van der Waals surface area (Å²) in [5.41, 5.74) is 3.00. The van der Waals surface area contributed by atoms with Crippen LogP contribution in [0.5, 0.6) is 0 Å². The Balaban J connectivity index is 1.73. The Bertz CT molecular complexity index is 1230. The van der Waals surface area contributed by atoms with Gasteiger partial charge >= 0.3 is 0 Å². The summed E-state index contributed by atoms with van der Waals surface area (Å²) in [7, 11) is -2.98. The van der Waals surface area contributed by atoms with Gasteiger partial charge in [-0.15, -0.1) is 0 Å². The predicted molar refractivity (Wildman–Crippen MR) is 116 cm³/mol. The first-order valence-electron chi connectivity index (χ1n) is 8.65. The number of hydrogen-bond acceptors (Lipinski definition) is 4. The number of fused-ring (bicyclic) bond motifs is 2. The van der Waals surface area contributed by atoms with Crippen LogP contribution in [0.2, 0.25) is 0 Å². The van der Waals surface area contributed by atoms with Gasteiger partial charge < -0.3 is 4.57 Å². The smallest absolute Gasteiger partial charge is 0.147 e. The van der Waals surface area contributed by atoms with E-state index < -0.39 is 9.84 Å². The molecule has 27 heavy (non-hydrogen) atoms. The highest BCUT2D eigenvalue weighted by Gasteiger charge is 2.15. The van der Waals surface area contributed by atoms with E-state index in [-0.39, 0.29) is 5.75 Å². The average Bonchev–Trinajstić information content (AvgIpc) is 3.13. The summed E-state index contributed by atoms with van der Waals surface area (Å²) in [5, 5.41) is 5.79. The zero-order valence-corrected chi connectivity index (χ0v) is 17.8. The number of imidazole rings is 1. The van der Waals surface area contributed by atoms with Crippen molar-refractivity contribution in [2.45, 2.75) is 19.5 Å². The number of benzene rings is 2. The lowest BCUT2D eigenvalue weighted by atomic mass is 10.2. The van der Waals surface area contributed by atoms with Gasteiger partial charge in [0.15, 0.2) is 0 Å². The van der Waals surface area contributed by atoms with Gasteiger partial charge in [-0.25, -0.2) is 13.4 Å². The standard InChI is InChI=1S/C19H19IN4O2S/c1-27(25,26)12-6-11-23-17-10-5-3-8-15(17)21-18(23)13-24-16-9-4-2-7-14(16)19(20)22-24/h2-5,7-10H,6,11-13H2,1H3. The maximum absolute atomic E-state index is 11.5. The van der Waals surface area contributed by atoms with Crippen LogP contribution in [0.15, 0.2) is 48.5 Å². The molecule has 0 unspecified atom stereocenters. The van der Waals surface area contributed by atoms with Crippen LogP contribution in [0.25, 0.3) is 21.9 Å². The highest BCUT2D eigenvalue weighted by molar-refractivity contribution is 14.1. The number of hydrogen-bond donors (Lipinski definition) is 0. The normalized spacial score (nSPS) is 12.2. The van der Waals surface area contributed by atoms with E-state index in [0.717, 1.165) is 31.5 Å². The first-order chi connectivity index (χ1) is 12.9. The molecule has 0 saturated heterocycles. The second-order valence-electron chi connectivity index (χ2n) is 6.62. The minimum atomic E-state index is -2.98. The number of aryl methyl sites for hydroxylation is 1. The Morgan fingerprint density at radius 1 is 1.04 bits per heavy atom. The Labute approximate surface area is 171 Å². The fourth-order valence-corrected chi connectivity index (χ4v) is 4.69. The monoisotopic (exact) mass is 494 g/mol. The fourth-order valence-electron chi connectivity index (χ4n) is 3.32. The maximum Gasteiger partial charge on any atom is 0.147 e. The molecule has 0 atom stereocenters. The first-order valence-corrected chi connectivity index (χ1v) is 11.8. The number of nitrogens with zero attached hydrogens (tertiary/aromatic N) is 4. The molecular weight excluding hydrogens is 475 g/mol. The Kier molecular flexibility index (Phi) is 4.94. The van der Waals surface area contributed by atoms with E-state index in [1.165, 1.54) is 6.26 Å². The van der Waals surface area contributed by atoms with Gasteiger partial charge in [0.25, 0.3) is 0 Å². The van der Waals surface area contributed by atoms with Crippen LogP contribution in [0.3, 0.4) is 0 Å². The molecule has 0 amide bonds. The molecule has 0 radical (unpaired) electrons. The molecule has 0 aliphatic heterocycles. The minimum Gasteiger partial charge on any atom is -0.326 e. The second kappa shape index (κ2) is 7.23. The van der Waals surface area contributed by atoms with Crippen LogP contribution < -0.4 is 0 Å². The van der Waals surface area contributed by atoms with Crippen molar-refractivity contribution in [1.29, 1.82) is 0 Å². The largest absolute Gasteiger partial charge is 0.326 e. The van der Waals surface area contributed by atoms with Crippen molar-refractivity contribution in [1.82, 2.24) is 19.3 Å². The van der Waals surface area contributed by atoms with Crippen molar-refractivity contribution in [3.05, 3.63) is 58.1 Å². The highest BCUT2D eigenvalue weighted by Crippen LogP contribution is 2.22. The lowest BCUT2D eigenvalue weighted by molar-refractivity contribution is 0.581. The van der Waals surface area contributed by atoms with Crippen LogP contribution in [0, 0.1) is 3.70 Å². The molecular formula is C19H19IN4O2S. The molecule has 6 nitrogen and oxygen atoms in total. The van der Waals surface area contributed by atoms with Crippen LogP contribution >= 0.6 is 22.6 Å². The molecule has 0 spiro atoms. The summed E-state index contributed by atoms with van der Waals surface area (Å²) in [4.78, 5) is 4.79. The van der Waals surface area contributed by atoms with E-state index in [0.29, 0.717) is 19.5 Å². The molecule has 0 bridgehead atoms. The number of halogens is 1. The molecule has 0 aliphatic rings. The summed E-state index contributed by atoms with van der Waals surface area (Å²) in [6, 6.07) is 16.1. The SMILES string of the molecule is CS(=O)(=O)CCCn1c(Cn2nc(I)c3ccccc32)nc2ccccc21. The lowest BCUT2D eigenvalue weighted by Crippen LogP contribution is -2.12. The quantitative estimate of drug-likeness (QED) is 0.385. The lowest BCUT2D eigenvalue weighted by Gasteiger charge is -2.10. The molecule has 0 fully saturated rings. The van der Waals surface area contributed by atoms with Crippen LogP contribution in [-0.4, -0.2) is 39.8 Å². The van der Waals surface area contributed by atoms with E-state index in [1.54, 1.807) is 0 Å².